The van der Waals surface area contributed by atoms with E-state index >= 15 is 0 Å². The number of aromatic nitrogens is 4. The first-order valence-electron chi connectivity index (χ1n) is 13.0. The number of nitrogens with one attached hydrogen (secondary N) is 5. The maximum Gasteiger partial charge on any atom is 0.231 e. The van der Waals surface area contributed by atoms with Gasteiger partial charge in [-0.3, -0.25) is 9.89 Å². The van der Waals surface area contributed by atoms with E-state index in [0.29, 0.717) is 39.7 Å². The summed E-state index contributed by atoms with van der Waals surface area (Å²) in [6.07, 6.45) is 3.18. The van der Waals surface area contributed by atoms with Crippen LogP contribution in [0.2, 0.25) is 0 Å². The van der Waals surface area contributed by atoms with Crippen molar-refractivity contribution >= 4 is 55.6 Å². The minimum Gasteiger partial charge on any atom is -0.494 e. The van der Waals surface area contributed by atoms with Crippen molar-refractivity contribution in [3.05, 3.63) is 48.7 Å². The van der Waals surface area contributed by atoms with Gasteiger partial charge >= 0.3 is 0 Å². The third kappa shape index (κ3) is 5.70. The van der Waals surface area contributed by atoms with E-state index < -0.39 is 15.1 Å². The Morgan fingerprint density at radius 3 is 2.58 bits per heavy atom. The number of aromatic amines is 1. The zero-order valence-electron chi connectivity index (χ0n) is 22.5. The average molecular weight is 565 g/mol. The second-order valence-electron chi connectivity index (χ2n) is 9.80. The maximum atomic E-state index is 13.0. The van der Waals surface area contributed by atoms with E-state index in [2.05, 4.69) is 41.4 Å². The summed E-state index contributed by atoms with van der Waals surface area (Å²) in [5.74, 6) is 1.06. The molecule has 0 radical (unpaired) electrons. The molecule has 12 nitrogen and oxygen atoms in total. The third-order valence-corrected chi connectivity index (χ3v) is 9.01. The number of H-pyrrole nitrogens is 1. The van der Waals surface area contributed by atoms with E-state index in [1.165, 1.54) is 7.11 Å². The first-order valence-corrected chi connectivity index (χ1v) is 14.6. The van der Waals surface area contributed by atoms with E-state index in [0.717, 1.165) is 25.9 Å². The van der Waals surface area contributed by atoms with Crippen LogP contribution in [0, 0.1) is 5.92 Å². The van der Waals surface area contributed by atoms with Crippen LogP contribution in [0.15, 0.2) is 53.6 Å². The van der Waals surface area contributed by atoms with Crippen molar-refractivity contribution in [1.82, 2.24) is 25.5 Å². The molecule has 40 heavy (non-hydrogen) atoms. The number of carbonyl (C=O) groups is 1. The second kappa shape index (κ2) is 11.5. The molecule has 0 atom stereocenters. The molecule has 3 heterocycles. The lowest BCUT2D eigenvalue weighted by Crippen LogP contribution is -2.34. The highest BCUT2D eigenvalue weighted by Gasteiger charge is 2.24. The highest BCUT2D eigenvalue weighted by atomic mass is 32.2. The number of rotatable bonds is 9. The third-order valence-electron chi connectivity index (χ3n) is 6.80. The molecule has 13 heteroatoms. The Labute approximate surface area is 232 Å². The molecule has 1 fully saturated rings. The van der Waals surface area contributed by atoms with Gasteiger partial charge < -0.3 is 26.0 Å². The molecule has 0 unspecified atom stereocenters. The number of amides is 1. The summed E-state index contributed by atoms with van der Waals surface area (Å²) < 4.78 is 31.5. The quantitative estimate of drug-likeness (QED) is 0.201. The number of hydrogen-bond acceptors (Lipinski definition) is 10. The van der Waals surface area contributed by atoms with Crippen molar-refractivity contribution in [3.8, 4) is 5.75 Å². The van der Waals surface area contributed by atoms with Crippen LogP contribution >= 0.6 is 0 Å². The fraction of sp³-hybridized carbons (Fsp3) is 0.333. The van der Waals surface area contributed by atoms with Gasteiger partial charge in [0.1, 0.15) is 11.6 Å². The second-order valence-corrected chi connectivity index (χ2v) is 12.3. The van der Waals surface area contributed by atoms with Crippen LogP contribution in [0.4, 0.5) is 28.8 Å². The fourth-order valence-electron chi connectivity index (χ4n) is 4.51. The summed E-state index contributed by atoms with van der Waals surface area (Å²) in [7, 11) is -2.01. The molecule has 1 aliphatic heterocycles. The number of carbonyl (C=O) groups excluding carboxylic acids is 1. The molecule has 0 spiro atoms. The lowest BCUT2D eigenvalue weighted by atomic mass is 9.97. The molecule has 0 bridgehead atoms. The molecule has 0 aliphatic carbocycles. The summed E-state index contributed by atoms with van der Waals surface area (Å²) in [6, 6.07) is 12.0. The topological polar surface area (TPSA) is 163 Å². The number of anilines is 5. The van der Waals surface area contributed by atoms with E-state index in [4.69, 9.17) is 4.74 Å². The van der Waals surface area contributed by atoms with Crippen molar-refractivity contribution < 1.29 is 17.9 Å². The number of piperidine rings is 1. The summed E-state index contributed by atoms with van der Waals surface area (Å²) in [4.78, 5) is 22.0. The van der Waals surface area contributed by atoms with E-state index in [9.17, 15) is 13.2 Å². The highest BCUT2D eigenvalue weighted by Crippen LogP contribution is 2.33. The molecule has 5 rings (SSSR count). The first-order chi connectivity index (χ1) is 19.3. The lowest BCUT2D eigenvalue weighted by molar-refractivity contribution is -0.120. The summed E-state index contributed by atoms with van der Waals surface area (Å²) in [5, 5.41) is 19.5. The van der Waals surface area contributed by atoms with Gasteiger partial charge in [0.25, 0.3) is 0 Å². The number of sulfone groups is 1. The lowest BCUT2D eigenvalue weighted by Gasteiger charge is -2.22. The van der Waals surface area contributed by atoms with Crippen molar-refractivity contribution in [1.29, 1.82) is 0 Å². The number of para-hydroxylation sites is 1. The maximum absolute atomic E-state index is 13.0. The minimum atomic E-state index is -3.55. The van der Waals surface area contributed by atoms with Crippen molar-refractivity contribution in [2.45, 2.75) is 36.8 Å². The normalized spacial score (nSPS) is 14.3. The molecule has 210 valence electrons. The Morgan fingerprint density at radius 2 is 1.82 bits per heavy atom. The Bertz CT molecular complexity index is 1630. The van der Waals surface area contributed by atoms with E-state index in [1.54, 1.807) is 62.5 Å². The van der Waals surface area contributed by atoms with Crippen LogP contribution in [0.1, 0.15) is 26.7 Å². The number of nitrogens with zero attached hydrogens (tertiary/aromatic N) is 3. The van der Waals surface area contributed by atoms with Gasteiger partial charge in [0.05, 0.1) is 40.2 Å². The molecule has 0 saturated carbocycles. The molecule has 2 aromatic carbocycles. The predicted octanol–water partition coefficient (Wildman–Crippen LogP) is 3.97. The predicted molar refractivity (Wildman–Crippen MR) is 154 cm³/mol. The summed E-state index contributed by atoms with van der Waals surface area (Å²) in [6.45, 7) is 4.96. The van der Waals surface area contributed by atoms with E-state index in [-0.39, 0.29) is 22.7 Å². The van der Waals surface area contributed by atoms with Crippen LogP contribution in [-0.4, -0.2) is 59.9 Å². The van der Waals surface area contributed by atoms with Crippen LogP contribution in [0.25, 0.3) is 11.0 Å². The molecule has 1 aliphatic rings. The van der Waals surface area contributed by atoms with Crippen LogP contribution in [0.5, 0.6) is 5.75 Å². The Hall–Kier alpha value is -4.23. The number of fused-ring (bicyclic) bond motifs is 1. The first kappa shape index (κ1) is 27.3. The Balaban J connectivity index is 1.42. The number of methoxy groups -OCH3 is 1. The number of ether oxygens (including phenoxy) is 1. The largest absolute Gasteiger partial charge is 0.494 e. The molecule has 2 aromatic heterocycles. The highest BCUT2D eigenvalue weighted by molar-refractivity contribution is 7.92. The summed E-state index contributed by atoms with van der Waals surface area (Å²) in [5.41, 5.74) is 2.06. The van der Waals surface area contributed by atoms with Gasteiger partial charge in [-0.05, 0) is 64.0 Å². The van der Waals surface area contributed by atoms with Crippen molar-refractivity contribution in [2.24, 2.45) is 5.92 Å². The van der Waals surface area contributed by atoms with Crippen LogP contribution in [-0.2, 0) is 14.6 Å². The Morgan fingerprint density at radius 1 is 1.05 bits per heavy atom. The number of hydrogen-bond donors (Lipinski definition) is 5. The molecule has 5 N–H and O–H groups in total. The SMILES string of the molecule is COc1cc(NC(=O)C2CCNCC2)ccc1Nc1nc(Nc2ccccc2S(=O)(=O)C(C)C)c2cn[nH]c2n1. The van der Waals surface area contributed by atoms with Crippen LogP contribution < -0.4 is 26.0 Å². The molecular formula is C27H32N8O4S. The molecular weight excluding hydrogens is 532 g/mol. The van der Waals surface area contributed by atoms with E-state index in [1.807, 2.05) is 0 Å². The fourth-order valence-corrected chi connectivity index (χ4v) is 5.71. The Kier molecular flexibility index (Phi) is 7.85. The molecule has 1 amide bonds. The smallest absolute Gasteiger partial charge is 0.231 e. The van der Waals surface area contributed by atoms with Gasteiger partial charge in [0.2, 0.25) is 11.9 Å². The number of benzene rings is 2. The van der Waals surface area contributed by atoms with Crippen molar-refractivity contribution in [2.75, 3.05) is 36.1 Å². The standard InChI is InChI=1S/C27H32N8O4S/c1-16(2)40(37,38)23-7-5-4-6-21(23)31-24-19-15-29-35-25(19)34-27(33-24)32-20-9-8-18(14-22(20)39-3)30-26(36)17-10-12-28-13-11-17/h4-9,14-17,28H,10-13H2,1-3H3,(H,30,36)(H3,29,31,32,33,34,35). The van der Waals surface area contributed by atoms with Gasteiger partial charge in [-0.2, -0.15) is 15.1 Å². The van der Waals surface area contributed by atoms with Gasteiger partial charge in [0, 0.05) is 17.7 Å². The molecule has 4 aromatic rings. The van der Waals surface area contributed by atoms with Gasteiger partial charge in [-0.15, -0.1) is 0 Å². The van der Waals surface area contributed by atoms with Gasteiger partial charge in [-0.25, -0.2) is 8.42 Å². The molecule has 1 saturated heterocycles. The van der Waals surface area contributed by atoms with Crippen LogP contribution in [0.3, 0.4) is 0 Å². The zero-order valence-corrected chi connectivity index (χ0v) is 23.3. The van der Waals surface area contributed by atoms with Gasteiger partial charge in [-0.1, -0.05) is 12.1 Å². The monoisotopic (exact) mass is 564 g/mol. The average Bonchev–Trinajstić information content (AvgIpc) is 3.43. The zero-order chi connectivity index (χ0) is 28.3. The summed E-state index contributed by atoms with van der Waals surface area (Å²) >= 11 is 0. The van der Waals surface area contributed by atoms with Crippen molar-refractivity contribution in [3.63, 3.8) is 0 Å². The van der Waals surface area contributed by atoms with Gasteiger partial charge in [0.15, 0.2) is 15.5 Å². The minimum absolute atomic E-state index is 0.00669.